The zero-order chi connectivity index (χ0) is 30.8. The van der Waals surface area contributed by atoms with Gasteiger partial charge in [0.2, 0.25) is 0 Å². The summed E-state index contributed by atoms with van der Waals surface area (Å²) >= 11 is -3.88. The molecule has 0 radical (unpaired) electrons. The van der Waals surface area contributed by atoms with Gasteiger partial charge in [-0.3, -0.25) is 0 Å². The molecular weight excluding hydrogens is 631 g/mol. The molecule has 0 aliphatic carbocycles. The molecule has 1 rings (SSSR count). The van der Waals surface area contributed by atoms with Gasteiger partial charge < -0.3 is 0 Å². The number of hydrogen-bond donors (Lipinski definition) is 0. The van der Waals surface area contributed by atoms with Crippen molar-refractivity contribution in [3.05, 3.63) is 56.2 Å². The van der Waals surface area contributed by atoms with Crippen LogP contribution in [-0.4, -0.2) is 70.7 Å². The van der Waals surface area contributed by atoms with Crippen molar-refractivity contribution >= 4 is 42.3 Å². The molecule has 41 heavy (non-hydrogen) atoms. The summed E-state index contributed by atoms with van der Waals surface area (Å²) in [4.78, 5) is 54.2. The molecular formula is C32H44O8Sn. The van der Waals surface area contributed by atoms with Crippen LogP contribution in [0.1, 0.15) is 64.9 Å². The molecule has 0 aliphatic heterocycles. The second kappa shape index (κ2) is 19.1. The summed E-state index contributed by atoms with van der Waals surface area (Å²) in [5.41, 5.74) is -0.572. The fourth-order valence-electron chi connectivity index (χ4n) is 4.82. The van der Waals surface area contributed by atoms with Gasteiger partial charge in [-0.1, -0.05) is 0 Å². The molecule has 0 amide bonds. The van der Waals surface area contributed by atoms with Crippen LogP contribution in [0.5, 0.6) is 0 Å². The van der Waals surface area contributed by atoms with E-state index >= 15 is 0 Å². The predicted molar refractivity (Wildman–Crippen MR) is 160 cm³/mol. The summed E-state index contributed by atoms with van der Waals surface area (Å²) in [6, 6.07) is 8.84. The van der Waals surface area contributed by atoms with Crippen molar-refractivity contribution in [1.29, 1.82) is 0 Å². The molecule has 0 saturated carbocycles. The number of esters is 4. The van der Waals surface area contributed by atoms with Crippen molar-refractivity contribution in [3.8, 4) is 11.8 Å². The number of ether oxygens (including phenoxy) is 4. The van der Waals surface area contributed by atoms with E-state index in [0.29, 0.717) is 5.56 Å². The number of unbranched alkanes of at least 4 members (excludes halogenated alkanes) is 3. The van der Waals surface area contributed by atoms with Gasteiger partial charge in [0.15, 0.2) is 0 Å². The van der Waals surface area contributed by atoms with Crippen LogP contribution in [-0.2, 0) is 38.1 Å². The Morgan fingerprint density at radius 1 is 0.634 bits per heavy atom. The Morgan fingerprint density at radius 3 is 1.49 bits per heavy atom. The van der Waals surface area contributed by atoms with Gasteiger partial charge in [0.05, 0.1) is 0 Å². The SMILES string of the molecule is CCC[CH2][Sn]([CH2]CCC)([CH2]CCC)/[C](C(=O)OC)=C(C(=O)OC)\C(C(=O)OC)=C(/C#Cc1ccccc1)C(=O)OC. The van der Waals surface area contributed by atoms with Crippen LogP contribution in [0, 0.1) is 11.8 Å². The number of methoxy groups -OCH3 is 4. The Labute approximate surface area is 248 Å². The van der Waals surface area contributed by atoms with Crippen molar-refractivity contribution in [2.45, 2.75) is 72.6 Å². The Hall–Kier alpha value is -3.06. The van der Waals surface area contributed by atoms with E-state index in [1.165, 1.54) is 14.2 Å². The van der Waals surface area contributed by atoms with Crippen molar-refractivity contribution in [1.82, 2.24) is 0 Å². The van der Waals surface area contributed by atoms with Crippen LogP contribution in [0.3, 0.4) is 0 Å². The van der Waals surface area contributed by atoms with E-state index in [4.69, 9.17) is 18.9 Å². The van der Waals surface area contributed by atoms with E-state index in [1.807, 2.05) is 6.07 Å². The molecule has 0 N–H and O–H groups in total. The van der Waals surface area contributed by atoms with Crippen LogP contribution >= 0.6 is 0 Å². The number of carbonyl (C=O) groups is 4. The van der Waals surface area contributed by atoms with E-state index in [0.717, 1.165) is 66.1 Å². The topological polar surface area (TPSA) is 105 Å². The maximum absolute atomic E-state index is 13.8. The Bertz CT molecular complexity index is 1150. The Kier molecular flexibility index (Phi) is 16.8. The summed E-state index contributed by atoms with van der Waals surface area (Å²) in [5, 5.41) is 0. The fraction of sp³-hybridized carbons (Fsp3) is 0.500. The molecule has 0 bridgehead atoms. The van der Waals surface area contributed by atoms with Gasteiger partial charge in [0, 0.05) is 0 Å². The first-order valence-corrected chi connectivity index (χ1v) is 21.6. The van der Waals surface area contributed by atoms with Crippen molar-refractivity contribution < 1.29 is 38.1 Å². The molecule has 9 heteroatoms. The third-order valence-corrected chi connectivity index (χ3v) is 22.5. The van der Waals surface area contributed by atoms with Crippen molar-refractivity contribution in [2.24, 2.45) is 0 Å². The first kappa shape index (κ1) is 36.0. The van der Waals surface area contributed by atoms with Gasteiger partial charge >= 0.3 is 249 Å². The first-order chi connectivity index (χ1) is 19.7. The van der Waals surface area contributed by atoms with Crippen molar-refractivity contribution in [3.63, 3.8) is 0 Å². The van der Waals surface area contributed by atoms with E-state index in [9.17, 15) is 19.2 Å². The van der Waals surface area contributed by atoms with Gasteiger partial charge in [-0.25, -0.2) is 0 Å². The number of benzene rings is 1. The Morgan fingerprint density at radius 2 is 1.07 bits per heavy atom. The summed E-state index contributed by atoms with van der Waals surface area (Å²) in [6.07, 6.45) is 5.26. The van der Waals surface area contributed by atoms with Crippen LogP contribution in [0.2, 0.25) is 13.3 Å². The second-order valence-electron chi connectivity index (χ2n) is 9.67. The molecule has 0 aliphatic rings. The zero-order valence-electron chi connectivity index (χ0n) is 25.5. The third kappa shape index (κ3) is 10.1. The van der Waals surface area contributed by atoms with Crippen molar-refractivity contribution in [2.75, 3.05) is 28.4 Å². The molecule has 0 spiro atoms. The van der Waals surface area contributed by atoms with Crippen LogP contribution in [0.25, 0.3) is 0 Å². The molecule has 224 valence electrons. The maximum atomic E-state index is 13.8. The zero-order valence-corrected chi connectivity index (χ0v) is 28.4. The molecule has 0 unspecified atom stereocenters. The van der Waals surface area contributed by atoms with Gasteiger partial charge in [0.25, 0.3) is 0 Å². The molecule has 1 aromatic carbocycles. The molecule has 1 aromatic rings. The quantitative estimate of drug-likeness (QED) is 0.0582. The van der Waals surface area contributed by atoms with Crippen LogP contribution in [0.4, 0.5) is 0 Å². The average molecular weight is 675 g/mol. The monoisotopic (exact) mass is 676 g/mol. The number of rotatable bonds is 15. The Balaban J connectivity index is 4.50. The van der Waals surface area contributed by atoms with E-state index < -0.39 is 53.4 Å². The molecule has 0 atom stereocenters. The first-order valence-electron chi connectivity index (χ1n) is 14.1. The molecule has 0 fully saturated rings. The van der Waals surface area contributed by atoms with Gasteiger partial charge in [0.1, 0.15) is 0 Å². The summed E-state index contributed by atoms with van der Waals surface area (Å²) in [5.74, 6) is 2.03. The minimum atomic E-state index is -3.88. The molecule has 0 heterocycles. The standard InChI is InChI=1S/C20H17O8.3C4H9.Sn/c1-25-16(21)12-15(19(23)27-3)17(20(24)28-4)14(18(22)26-2)11-10-13-8-6-5-7-9-13;3*1-3-4-2;/h5-9H,1-4H3;3*1,3-4H2,2H3;/b15-12?,17-14-;;;;. The van der Waals surface area contributed by atoms with E-state index in [-0.39, 0.29) is 9.16 Å². The van der Waals surface area contributed by atoms with Crippen LogP contribution < -0.4 is 0 Å². The van der Waals surface area contributed by atoms with Gasteiger partial charge in [-0.15, -0.1) is 0 Å². The molecule has 0 aromatic heterocycles. The average Bonchev–Trinajstić information content (AvgIpc) is 3.01. The van der Waals surface area contributed by atoms with E-state index in [1.54, 1.807) is 24.3 Å². The summed E-state index contributed by atoms with van der Waals surface area (Å²) < 4.78 is 23.1. The minimum absolute atomic E-state index is 0.201. The fourth-order valence-corrected chi connectivity index (χ4v) is 21.6. The van der Waals surface area contributed by atoms with Gasteiger partial charge in [-0.05, 0) is 0 Å². The normalized spacial score (nSPS) is 12.2. The predicted octanol–water partition coefficient (Wildman–Crippen LogP) is 5.71. The second-order valence-corrected chi connectivity index (χ2v) is 22.7. The molecule has 8 nitrogen and oxygen atoms in total. The summed E-state index contributed by atoms with van der Waals surface area (Å²) in [6.45, 7) is 6.23. The number of carbonyl (C=O) groups excluding carboxylic acids is 4. The number of hydrogen-bond acceptors (Lipinski definition) is 8. The van der Waals surface area contributed by atoms with Gasteiger partial charge in [-0.2, -0.15) is 0 Å². The third-order valence-electron chi connectivity index (χ3n) is 6.97. The summed E-state index contributed by atoms with van der Waals surface area (Å²) in [7, 11) is 4.71. The van der Waals surface area contributed by atoms with Crippen LogP contribution in [0.15, 0.2) is 50.6 Å². The molecule has 0 saturated heterocycles. The van der Waals surface area contributed by atoms with E-state index in [2.05, 4.69) is 32.6 Å².